The molecule has 19 heavy (non-hydrogen) atoms. The Bertz CT molecular complexity index is 394. The van der Waals surface area contributed by atoms with Gasteiger partial charge in [0.1, 0.15) is 0 Å². The van der Waals surface area contributed by atoms with Crippen LogP contribution in [0.5, 0.6) is 0 Å². The monoisotopic (exact) mass is 264 g/mol. The molecule has 0 heterocycles. The van der Waals surface area contributed by atoms with Gasteiger partial charge in [-0.1, -0.05) is 50.1 Å². The van der Waals surface area contributed by atoms with Crippen molar-refractivity contribution in [2.75, 3.05) is 6.61 Å². The summed E-state index contributed by atoms with van der Waals surface area (Å²) in [5, 5.41) is 12.4. The zero-order valence-corrected chi connectivity index (χ0v) is 11.7. The first-order valence-corrected chi connectivity index (χ1v) is 6.77. The molecule has 0 spiro atoms. The number of aliphatic hydroxyl groups is 1. The number of amides is 1. The van der Waals surface area contributed by atoms with Crippen LogP contribution in [-0.2, 0) is 10.3 Å². The highest BCUT2D eigenvalue weighted by molar-refractivity contribution is 5.82. The second-order valence-corrected chi connectivity index (χ2v) is 5.09. The molecular formula is C15H24N2O2. The van der Waals surface area contributed by atoms with Crippen LogP contribution >= 0.6 is 0 Å². The highest BCUT2D eigenvalue weighted by atomic mass is 16.3. The Balaban J connectivity index is 2.73. The Labute approximate surface area is 115 Å². The zero-order valence-electron chi connectivity index (χ0n) is 11.7. The van der Waals surface area contributed by atoms with Gasteiger partial charge < -0.3 is 16.2 Å². The predicted octanol–water partition coefficient (Wildman–Crippen LogP) is 1.53. The third-order valence-electron chi connectivity index (χ3n) is 3.33. The van der Waals surface area contributed by atoms with E-state index in [9.17, 15) is 9.90 Å². The van der Waals surface area contributed by atoms with Crippen molar-refractivity contribution in [2.45, 2.75) is 44.7 Å². The molecule has 1 unspecified atom stereocenters. The lowest BCUT2D eigenvalue weighted by atomic mass is 9.92. The molecule has 4 N–H and O–H groups in total. The molecule has 0 saturated carbocycles. The predicted molar refractivity (Wildman–Crippen MR) is 76.5 cm³/mol. The molecule has 0 fully saturated rings. The molecule has 0 aliphatic carbocycles. The summed E-state index contributed by atoms with van der Waals surface area (Å²) < 4.78 is 0. The zero-order chi connectivity index (χ0) is 14.3. The molecule has 0 aliphatic rings. The number of carbonyl (C=O) groups is 1. The van der Waals surface area contributed by atoms with Gasteiger partial charge in [0.25, 0.3) is 0 Å². The van der Waals surface area contributed by atoms with Gasteiger partial charge in [-0.25, -0.2) is 0 Å². The van der Waals surface area contributed by atoms with E-state index in [1.54, 1.807) is 6.92 Å². The van der Waals surface area contributed by atoms with E-state index < -0.39 is 11.6 Å². The Kier molecular flexibility index (Phi) is 5.99. The van der Waals surface area contributed by atoms with Crippen LogP contribution in [0.4, 0.5) is 0 Å². The van der Waals surface area contributed by atoms with Crippen molar-refractivity contribution < 1.29 is 9.90 Å². The molecule has 1 amide bonds. The van der Waals surface area contributed by atoms with Crippen molar-refractivity contribution in [3.8, 4) is 0 Å². The van der Waals surface area contributed by atoms with Crippen LogP contribution in [-0.4, -0.2) is 23.7 Å². The first-order chi connectivity index (χ1) is 9.03. The topological polar surface area (TPSA) is 75.4 Å². The minimum Gasteiger partial charge on any atom is -0.394 e. The number of benzene rings is 1. The number of aliphatic hydroxyl groups excluding tert-OH is 1. The number of nitrogens with one attached hydrogen (secondary N) is 1. The fourth-order valence-electron chi connectivity index (χ4n) is 1.93. The molecule has 4 heteroatoms. The lowest BCUT2D eigenvalue weighted by Crippen LogP contribution is -2.52. The maximum absolute atomic E-state index is 12.0. The largest absolute Gasteiger partial charge is 0.394 e. The van der Waals surface area contributed by atoms with E-state index in [2.05, 4.69) is 12.2 Å². The second kappa shape index (κ2) is 7.26. The maximum Gasteiger partial charge on any atom is 0.237 e. The van der Waals surface area contributed by atoms with Crippen molar-refractivity contribution in [3.63, 3.8) is 0 Å². The van der Waals surface area contributed by atoms with E-state index in [4.69, 9.17) is 5.73 Å². The molecule has 106 valence electrons. The van der Waals surface area contributed by atoms with Gasteiger partial charge >= 0.3 is 0 Å². The summed E-state index contributed by atoms with van der Waals surface area (Å²) in [6, 6.07) is 8.91. The lowest BCUT2D eigenvalue weighted by Gasteiger charge is -2.30. The molecule has 0 aromatic heterocycles. The molecule has 4 nitrogen and oxygen atoms in total. The van der Waals surface area contributed by atoms with Crippen molar-refractivity contribution >= 4 is 5.91 Å². The fraction of sp³-hybridized carbons (Fsp3) is 0.533. The van der Waals surface area contributed by atoms with Gasteiger partial charge in [0.2, 0.25) is 5.91 Å². The number of hydrogen-bond acceptors (Lipinski definition) is 3. The first-order valence-electron chi connectivity index (χ1n) is 6.77. The number of hydrogen-bond donors (Lipinski definition) is 3. The Morgan fingerprint density at radius 2 is 2.05 bits per heavy atom. The fourth-order valence-corrected chi connectivity index (χ4v) is 1.93. The van der Waals surface area contributed by atoms with Crippen LogP contribution in [0.1, 0.15) is 38.7 Å². The van der Waals surface area contributed by atoms with E-state index in [0.29, 0.717) is 6.42 Å². The third-order valence-corrected chi connectivity index (χ3v) is 3.33. The Morgan fingerprint density at radius 1 is 1.42 bits per heavy atom. The molecule has 0 saturated heterocycles. The molecule has 1 aromatic carbocycles. The van der Waals surface area contributed by atoms with E-state index in [1.807, 2.05) is 30.3 Å². The van der Waals surface area contributed by atoms with Gasteiger partial charge in [0.15, 0.2) is 0 Å². The van der Waals surface area contributed by atoms with E-state index in [1.165, 1.54) is 0 Å². The molecule has 0 aliphatic heterocycles. The van der Waals surface area contributed by atoms with Gasteiger partial charge in [-0.2, -0.15) is 0 Å². The summed E-state index contributed by atoms with van der Waals surface area (Å²) in [6.45, 7) is 3.70. The molecule has 1 rings (SSSR count). The van der Waals surface area contributed by atoms with Crippen LogP contribution in [0.2, 0.25) is 0 Å². The number of unbranched alkanes of at least 4 members (excludes halogenated alkanes) is 1. The van der Waals surface area contributed by atoms with Gasteiger partial charge in [0.05, 0.1) is 18.2 Å². The minimum absolute atomic E-state index is 0.163. The van der Waals surface area contributed by atoms with Crippen LogP contribution in [0, 0.1) is 0 Å². The lowest BCUT2D eigenvalue weighted by molar-refractivity contribution is -0.125. The van der Waals surface area contributed by atoms with Gasteiger partial charge in [-0.05, 0) is 18.9 Å². The number of carbonyl (C=O) groups excluding carboxylic acids is 1. The van der Waals surface area contributed by atoms with E-state index >= 15 is 0 Å². The first kappa shape index (κ1) is 15.7. The van der Waals surface area contributed by atoms with Gasteiger partial charge in [0, 0.05) is 0 Å². The SMILES string of the molecule is CCCC[C@H](N)C(=O)NC(C)(CO)c1ccccc1. The van der Waals surface area contributed by atoms with E-state index in [0.717, 1.165) is 18.4 Å². The normalized spacial score (nSPS) is 15.6. The Morgan fingerprint density at radius 3 is 2.58 bits per heavy atom. The summed E-state index contributed by atoms with van der Waals surface area (Å²) in [4.78, 5) is 12.0. The molecule has 2 atom stereocenters. The third kappa shape index (κ3) is 4.33. The summed E-state index contributed by atoms with van der Waals surface area (Å²) in [7, 11) is 0. The van der Waals surface area contributed by atoms with Crippen molar-refractivity contribution in [2.24, 2.45) is 5.73 Å². The summed E-state index contributed by atoms with van der Waals surface area (Å²) in [5.41, 5.74) is 5.93. The van der Waals surface area contributed by atoms with Crippen LogP contribution in [0.25, 0.3) is 0 Å². The standard InChI is InChI=1S/C15H24N2O2/c1-3-4-10-13(16)14(19)17-15(2,11-18)12-8-6-5-7-9-12/h5-9,13,18H,3-4,10-11,16H2,1-2H3,(H,17,19)/t13-,15?/m0/s1. The van der Waals surface area contributed by atoms with Crippen LogP contribution < -0.4 is 11.1 Å². The highest BCUT2D eigenvalue weighted by Gasteiger charge is 2.29. The maximum atomic E-state index is 12.0. The quantitative estimate of drug-likeness (QED) is 0.699. The highest BCUT2D eigenvalue weighted by Crippen LogP contribution is 2.20. The molecular weight excluding hydrogens is 240 g/mol. The minimum atomic E-state index is -0.790. The number of rotatable bonds is 7. The van der Waals surface area contributed by atoms with Gasteiger partial charge in [-0.3, -0.25) is 4.79 Å². The molecule has 0 bridgehead atoms. The number of nitrogens with two attached hydrogens (primary N) is 1. The Hall–Kier alpha value is -1.39. The average Bonchev–Trinajstić information content (AvgIpc) is 2.45. The second-order valence-electron chi connectivity index (χ2n) is 5.09. The van der Waals surface area contributed by atoms with Crippen LogP contribution in [0.15, 0.2) is 30.3 Å². The van der Waals surface area contributed by atoms with Crippen molar-refractivity contribution in [1.82, 2.24) is 5.32 Å². The molecule has 0 radical (unpaired) electrons. The average molecular weight is 264 g/mol. The van der Waals surface area contributed by atoms with Gasteiger partial charge in [-0.15, -0.1) is 0 Å². The van der Waals surface area contributed by atoms with E-state index in [-0.39, 0.29) is 12.5 Å². The van der Waals surface area contributed by atoms with Crippen molar-refractivity contribution in [1.29, 1.82) is 0 Å². The summed E-state index contributed by atoms with van der Waals surface area (Å²) in [5.74, 6) is -0.214. The van der Waals surface area contributed by atoms with Crippen LogP contribution in [0.3, 0.4) is 0 Å². The smallest absolute Gasteiger partial charge is 0.237 e. The molecule has 1 aromatic rings. The van der Waals surface area contributed by atoms with Crippen molar-refractivity contribution in [3.05, 3.63) is 35.9 Å². The summed E-state index contributed by atoms with van der Waals surface area (Å²) in [6.07, 6.45) is 2.60. The summed E-state index contributed by atoms with van der Waals surface area (Å²) >= 11 is 0.